The van der Waals surface area contributed by atoms with Crippen molar-refractivity contribution in [3.8, 4) is 11.5 Å². The number of alkyl carbamates (subject to hydrolysis) is 1. The summed E-state index contributed by atoms with van der Waals surface area (Å²) in [6, 6.07) is 4.84. The molecule has 0 saturated heterocycles. The molecule has 1 fully saturated rings. The van der Waals surface area contributed by atoms with Crippen molar-refractivity contribution in [1.29, 1.82) is 0 Å². The summed E-state index contributed by atoms with van der Waals surface area (Å²) in [6.07, 6.45) is 0.0394. The summed E-state index contributed by atoms with van der Waals surface area (Å²) in [5, 5.41) is 12.5. The van der Waals surface area contributed by atoms with E-state index < -0.39 is 23.1 Å². The number of nitrogens with one attached hydrogen (secondary N) is 1. The third-order valence-corrected chi connectivity index (χ3v) is 4.26. The van der Waals surface area contributed by atoms with Crippen LogP contribution in [-0.2, 0) is 14.9 Å². The molecule has 0 unspecified atom stereocenters. The summed E-state index contributed by atoms with van der Waals surface area (Å²) in [4.78, 5) is 23.7. The lowest BCUT2D eigenvalue weighted by Crippen LogP contribution is -2.57. The van der Waals surface area contributed by atoms with Crippen LogP contribution < -0.4 is 14.8 Å². The van der Waals surface area contributed by atoms with E-state index in [9.17, 15) is 14.7 Å². The van der Waals surface area contributed by atoms with Gasteiger partial charge < -0.3 is 24.6 Å². The maximum absolute atomic E-state index is 11.9. The van der Waals surface area contributed by atoms with Gasteiger partial charge in [-0.3, -0.25) is 4.79 Å². The molecule has 2 rings (SSSR count). The van der Waals surface area contributed by atoms with E-state index in [2.05, 4.69) is 5.32 Å². The number of benzene rings is 1. The Morgan fingerprint density at radius 1 is 1.16 bits per heavy atom. The van der Waals surface area contributed by atoms with Gasteiger partial charge in [0.1, 0.15) is 5.60 Å². The van der Waals surface area contributed by atoms with E-state index in [4.69, 9.17) is 14.2 Å². The Labute approximate surface area is 147 Å². The van der Waals surface area contributed by atoms with Crippen LogP contribution >= 0.6 is 0 Å². The van der Waals surface area contributed by atoms with Gasteiger partial charge >= 0.3 is 12.1 Å². The van der Waals surface area contributed by atoms with Gasteiger partial charge in [-0.2, -0.15) is 0 Å². The molecule has 1 aliphatic rings. The van der Waals surface area contributed by atoms with Gasteiger partial charge in [-0.1, -0.05) is 6.07 Å². The normalized spacial score (nSPS) is 22.5. The first-order valence-electron chi connectivity index (χ1n) is 8.07. The number of aliphatic carboxylic acids is 1. The van der Waals surface area contributed by atoms with Crippen molar-refractivity contribution in [2.24, 2.45) is 0 Å². The van der Waals surface area contributed by atoms with Gasteiger partial charge in [0.25, 0.3) is 0 Å². The van der Waals surface area contributed by atoms with Crippen LogP contribution in [0.3, 0.4) is 0 Å². The molecule has 0 radical (unpaired) electrons. The molecule has 0 atom stereocenters. The number of methoxy groups -OCH3 is 2. The number of hydrogen-bond acceptors (Lipinski definition) is 5. The van der Waals surface area contributed by atoms with Gasteiger partial charge in [0.2, 0.25) is 0 Å². The molecule has 0 aliphatic heterocycles. The summed E-state index contributed by atoms with van der Waals surface area (Å²) >= 11 is 0. The third kappa shape index (κ3) is 3.97. The summed E-state index contributed by atoms with van der Waals surface area (Å²) in [5.74, 6) is 0.0840. The fraction of sp³-hybridized carbons (Fsp3) is 0.556. The van der Waals surface area contributed by atoms with Crippen LogP contribution in [0.25, 0.3) is 0 Å². The Bertz CT molecular complexity index is 658. The van der Waals surface area contributed by atoms with Crippen LogP contribution in [0.4, 0.5) is 4.79 Å². The molecule has 1 aromatic carbocycles. The number of carbonyl (C=O) groups is 2. The van der Waals surface area contributed by atoms with Crippen molar-refractivity contribution >= 4 is 12.1 Å². The lowest BCUT2D eigenvalue weighted by Gasteiger charge is -2.45. The van der Waals surface area contributed by atoms with E-state index in [0.29, 0.717) is 17.1 Å². The Balaban J connectivity index is 2.13. The first-order chi connectivity index (χ1) is 11.6. The first-order valence-corrected chi connectivity index (χ1v) is 8.07. The Morgan fingerprint density at radius 2 is 1.76 bits per heavy atom. The highest BCUT2D eigenvalue weighted by molar-refractivity contribution is 5.84. The molecule has 0 heterocycles. The molecule has 0 bridgehead atoms. The molecule has 7 nitrogen and oxygen atoms in total. The van der Waals surface area contributed by atoms with E-state index in [0.717, 1.165) is 0 Å². The van der Waals surface area contributed by atoms with Gasteiger partial charge in [0.05, 0.1) is 19.6 Å². The molecule has 1 saturated carbocycles. The molecular weight excluding hydrogens is 326 g/mol. The Morgan fingerprint density at radius 3 is 2.24 bits per heavy atom. The summed E-state index contributed by atoms with van der Waals surface area (Å²) in [6.45, 7) is 5.33. The van der Waals surface area contributed by atoms with Crippen LogP contribution in [0.5, 0.6) is 11.5 Å². The smallest absolute Gasteiger partial charge is 0.407 e. The molecule has 2 N–H and O–H groups in total. The van der Waals surface area contributed by atoms with E-state index in [-0.39, 0.29) is 18.9 Å². The number of carboxylic acids is 1. The van der Waals surface area contributed by atoms with Gasteiger partial charge in [0, 0.05) is 6.04 Å². The Kier molecular flexibility index (Phi) is 5.15. The quantitative estimate of drug-likeness (QED) is 0.847. The lowest BCUT2D eigenvalue weighted by atomic mass is 9.61. The van der Waals surface area contributed by atoms with Crippen LogP contribution in [0.2, 0.25) is 0 Å². The van der Waals surface area contributed by atoms with E-state index >= 15 is 0 Å². The maximum atomic E-state index is 11.9. The predicted molar refractivity (Wildman–Crippen MR) is 91.3 cm³/mol. The summed E-state index contributed by atoms with van der Waals surface area (Å²) < 4.78 is 15.7. The minimum Gasteiger partial charge on any atom is -0.493 e. The van der Waals surface area contributed by atoms with Crippen LogP contribution in [0.15, 0.2) is 18.2 Å². The standard InChI is InChI=1S/C18H25NO6/c1-17(2,3)25-16(22)19-12-9-18(10-12,15(20)21)11-6-7-13(23-4)14(8-11)24-5/h6-8,12H,9-10H2,1-5H3,(H,19,22)(H,20,21). The van der Waals surface area contributed by atoms with E-state index in [1.54, 1.807) is 39.0 Å². The molecule has 1 aromatic rings. The van der Waals surface area contributed by atoms with Crippen molar-refractivity contribution in [3.05, 3.63) is 23.8 Å². The monoisotopic (exact) mass is 351 g/mol. The number of carbonyl (C=O) groups excluding carboxylic acids is 1. The lowest BCUT2D eigenvalue weighted by molar-refractivity contribution is -0.148. The summed E-state index contributed by atoms with van der Waals surface area (Å²) in [7, 11) is 3.03. The van der Waals surface area contributed by atoms with Crippen molar-refractivity contribution in [3.63, 3.8) is 0 Å². The summed E-state index contributed by atoms with van der Waals surface area (Å²) in [5.41, 5.74) is -1.03. The molecule has 0 spiro atoms. The highest BCUT2D eigenvalue weighted by Gasteiger charge is 2.52. The Hall–Kier alpha value is -2.44. The predicted octanol–water partition coefficient (Wildman–Crippen LogP) is 2.71. The fourth-order valence-electron chi connectivity index (χ4n) is 3.03. The molecular formula is C18H25NO6. The SMILES string of the molecule is COc1ccc(C2(C(=O)O)CC(NC(=O)OC(C)(C)C)C2)cc1OC. The zero-order valence-corrected chi connectivity index (χ0v) is 15.2. The van der Waals surface area contributed by atoms with Crippen LogP contribution in [-0.4, -0.2) is 43.0 Å². The van der Waals surface area contributed by atoms with Gasteiger partial charge in [-0.05, 0) is 51.3 Å². The van der Waals surface area contributed by atoms with Gasteiger partial charge in [-0.15, -0.1) is 0 Å². The number of ether oxygens (including phenoxy) is 3. The topological polar surface area (TPSA) is 94.1 Å². The zero-order valence-electron chi connectivity index (χ0n) is 15.2. The highest BCUT2D eigenvalue weighted by atomic mass is 16.6. The number of amides is 1. The number of carboxylic acid groups (broad SMARTS) is 1. The van der Waals surface area contributed by atoms with Gasteiger partial charge in [-0.25, -0.2) is 4.79 Å². The molecule has 0 aromatic heterocycles. The fourth-order valence-corrected chi connectivity index (χ4v) is 3.03. The van der Waals surface area contributed by atoms with Crippen molar-refractivity contribution < 1.29 is 28.9 Å². The minimum atomic E-state index is -1.06. The minimum absolute atomic E-state index is 0.251. The number of hydrogen-bond donors (Lipinski definition) is 2. The average Bonchev–Trinajstić information content (AvgIpc) is 2.47. The van der Waals surface area contributed by atoms with Crippen molar-refractivity contribution in [2.75, 3.05) is 14.2 Å². The second kappa shape index (κ2) is 6.82. The van der Waals surface area contributed by atoms with Crippen LogP contribution in [0, 0.1) is 0 Å². The van der Waals surface area contributed by atoms with Crippen molar-refractivity contribution in [2.45, 2.75) is 50.7 Å². The largest absolute Gasteiger partial charge is 0.493 e. The second-order valence-corrected chi connectivity index (χ2v) is 7.21. The average molecular weight is 351 g/mol. The maximum Gasteiger partial charge on any atom is 0.407 e. The molecule has 7 heteroatoms. The molecule has 1 aliphatic carbocycles. The zero-order chi connectivity index (χ0) is 18.8. The van der Waals surface area contributed by atoms with Crippen molar-refractivity contribution in [1.82, 2.24) is 5.32 Å². The van der Waals surface area contributed by atoms with E-state index in [1.165, 1.54) is 14.2 Å². The molecule has 138 valence electrons. The molecule has 1 amide bonds. The molecule has 25 heavy (non-hydrogen) atoms. The van der Waals surface area contributed by atoms with Gasteiger partial charge in [0.15, 0.2) is 11.5 Å². The van der Waals surface area contributed by atoms with E-state index in [1.807, 2.05) is 0 Å². The number of rotatable bonds is 5. The third-order valence-electron chi connectivity index (χ3n) is 4.26. The van der Waals surface area contributed by atoms with Crippen LogP contribution in [0.1, 0.15) is 39.2 Å². The first kappa shape index (κ1) is 18.9. The second-order valence-electron chi connectivity index (χ2n) is 7.21. The highest BCUT2D eigenvalue weighted by Crippen LogP contribution is 2.46.